The fraction of sp³-hybridized carbons (Fsp3) is 0.500. The molecule has 6 heteroatoms. The Hall–Kier alpha value is -2.11. The Morgan fingerprint density at radius 1 is 1.25 bits per heavy atom. The van der Waals surface area contributed by atoms with Gasteiger partial charge >= 0.3 is 5.69 Å². The highest BCUT2D eigenvalue weighted by molar-refractivity contribution is 5.79. The maximum Gasteiger partial charge on any atom is 0.315 e. The Balaban J connectivity index is 3.07. The van der Waals surface area contributed by atoms with Crippen molar-refractivity contribution < 1.29 is 19.2 Å². The van der Waals surface area contributed by atoms with Crippen LogP contribution in [0.15, 0.2) is 12.1 Å². The molecular formula is C14H19NO5. The summed E-state index contributed by atoms with van der Waals surface area (Å²) in [5, 5.41) is 11.1. The zero-order valence-corrected chi connectivity index (χ0v) is 11.8. The second kappa shape index (κ2) is 8.14. The van der Waals surface area contributed by atoms with E-state index in [1.165, 1.54) is 12.1 Å². The quantitative estimate of drug-likeness (QED) is 0.300. The van der Waals surface area contributed by atoms with Gasteiger partial charge in [0.15, 0.2) is 5.75 Å². The normalized spacial score (nSPS) is 10.1. The molecule has 0 spiro atoms. The van der Waals surface area contributed by atoms with Gasteiger partial charge in [0.25, 0.3) is 0 Å². The van der Waals surface area contributed by atoms with Crippen LogP contribution in [-0.2, 0) is 0 Å². The highest BCUT2D eigenvalue weighted by Gasteiger charge is 2.22. The molecule has 1 aromatic rings. The Kier molecular flexibility index (Phi) is 6.49. The molecular weight excluding hydrogens is 262 g/mol. The first-order chi connectivity index (χ1) is 9.63. The maximum absolute atomic E-state index is 11.1. The first kappa shape index (κ1) is 15.9. The molecule has 0 unspecified atom stereocenters. The lowest BCUT2D eigenvalue weighted by molar-refractivity contribution is -0.386. The number of nitro groups is 1. The Labute approximate surface area is 117 Å². The summed E-state index contributed by atoms with van der Waals surface area (Å²) in [6.07, 6.45) is 3.39. The summed E-state index contributed by atoms with van der Waals surface area (Å²) in [4.78, 5) is 21.4. The number of hydrogen-bond donors (Lipinski definition) is 0. The molecule has 0 bridgehead atoms. The van der Waals surface area contributed by atoms with Crippen LogP contribution in [0.5, 0.6) is 11.5 Å². The van der Waals surface area contributed by atoms with Crippen LogP contribution in [0.4, 0.5) is 5.69 Å². The van der Waals surface area contributed by atoms with Crippen LogP contribution < -0.4 is 9.47 Å². The van der Waals surface area contributed by atoms with Gasteiger partial charge < -0.3 is 9.47 Å². The van der Waals surface area contributed by atoms with Crippen LogP contribution in [0.2, 0.25) is 0 Å². The predicted octanol–water partition coefficient (Wildman–Crippen LogP) is 3.38. The summed E-state index contributed by atoms with van der Waals surface area (Å²) in [5.74, 6) is 0.332. The molecule has 20 heavy (non-hydrogen) atoms. The molecule has 0 amide bonds. The van der Waals surface area contributed by atoms with E-state index in [4.69, 9.17) is 9.47 Å². The highest BCUT2D eigenvalue weighted by Crippen LogP contribution is 2.38. The monoisotopic (exact) mass is 281 g/mol. The second-order valence-corrected chi connectivity index (χ2v) is 4.23. The zero-order chi connectivity index (χ0) is 15.0. The van der Waals surface area contributed by atoms with Crippen molar-refractivity contribution in [1.29, 1.82) is 0 Å². The Bertz CT molecular complexity index is 473. The number of carbonyl (C=O) groups is 1. The molecule has 0 heterocycles. The number of unbranched alkanes of at least 4 members (excludes halogenated alkanes) is 2. The van der Waals surface area contributed by atoms with Crippen LogP contribution in [0.25, 0.3) is 0 Å². The zero-order valence-electron chi connectivity index (χ0n) is 11.8. The fourth-order valence-electron chi connectivity index (χ4n) is 1.75. The van der Waals surface area contributed by atoms with E-state index >= 15 is 0 Å². The average Bonchev–Trinajstić information content (AvgIpc) is 2.44. The third-order valence-electron chi connectivity index (χ3n) is 2.68. The molecule has 110 valence electrons. The van der Waals surface area contributed by atoms with Crippen molar-refractivity contribution in [2.75, 3.05) is 13.2 Å². The van der Waals surface area contributed by atoms with Crippen molar-refractivity contribution in [3.8, 4) is 11.5 Å². The van der Waals surface area contributed by atoms with Gasteiger partial charge in [0.2, 0.25) is 5.75 Å². The first-order valence-corrected chi connectivity index (χ1v) is 6.67. The largest absolute Gasteiger partial charge is 0.490 e. The fourth-order valence-corrected chi connectivity index (χ4v) is 1.75. The molecule has 0 saturated carbocycles. The predicted molar refractivity (Wildman–Crippen MR) is 74.7 cm³/mol. The molecule has 0 aliphatic rings. The smallest absolute Gasteiger partial charge is 0.315 e. The van der Waals surface area contributed by atoms with Crippen molar-refractivity contribution >= 4 is 12.0 Å². The number of nitro benzene ring substituents is 1. The molecule has 0 aromatic heterocycles. The molecule has 0 fully saturated rings. The minimum Gasteiger partial charge on any atom is -0.490 e. The van der Waals surface area contributed by atoms with Crippen LogP contribution in [0.1, 0.15) is 43.5 Å². The Morgan fingerprint density at radius 3 is 2.55 bits per heavy atom. The third kappa shape index (κ3) is 4.22. The summed E-state index contributed by atoms with van der Waals surface area (Å²) in [6.45, 7) is 4.55. The number of rotatable bonds is 9. The summed E-state index contributed by atoms with van der Waals surface area (Å²) in [5.41, 5.74) is -0.0457. The van der Waals surface area contributed by atoms with Gasteiger partial charge in [0.05, 0.1) is 18.1 Å². The lowest BCUT2D eigenvalue weighted by Gasteiger charge is -2.12. The molecule has 0 saturated heterocycles. The van der Waals surface area contributed by atoms with E-state index in [-0.39, 0.29) is 22.7 Å². The molecule has 6 nitrogen and oxygen atoms in total. The molecule has 0 radical (unpaired) electrons. The van der Waals surface area contributed by atoms with E-state index in [2.05, 4.69) is 6.92 Å². The summed E-state index contributed by atoms with van der Waals surface area (Å²) in [7, 11) is 0. The molecule has 1 rings (SSSR count). The van der Waals surface area contributed by atoms with Crippen molar-refractivity contribution in [2.45, 2.75) is 33.1 Å². The van der Waals surface area contributed by atoms with Crippen LogP contribution >= 0.6 is 0 Å². The lowest BCUT2D eigenvalue weighted by Crippen LogP contribution is -2.05. The minimum atomic E-state index is -0.565. The Morgan fingerprint density at radius 2 is 2.00 bits per heavy atom. The molecule has 0 N–H and O–H groups in total. The molecule has 0 atom stereocenters. The standard InChI is InChI=1S/C14H19NO5/c1-3-5-6-7-20-14-12(15(17)18)8-11(10-16)9-13(14)19-4-2/h8-10H,3-7H2,1-2H3. The van der Waals surface area contributed by atoms with E-state index in [0.717, 1.165) is 19.3 Å². The number of benzene rings is 1. The van der Waals surface area contributed by atoms with E-state index in [0.29, 0.717) is 19.5 Å². The molecule has 0 aliphatic heterocycles. The summed E-state index contributed by atoms with van der Waals surface area (Å²) < 4.78 is 10.8. The van der Waals surface area contributed by atoms with Crippen molar-refractivity contribution in [1.82, 2.24) is 0 Å². The number of nitrogens with zero attached hydrogens (tertiary/aromatic N) is 1. The highest BCUT2D eigenvalue weighted by atomic mass is 16.6. The number of ether oxygens (including phenoxy) is 2. The van der Waals surface area contributed by atoms with Crippen LogP contribution in [-0.4, -0.2) is 24.4 Å². The van der Waals surface area contributed by atoms with Crippen LogP contribution in [0, 0.1) is 10.1 Å². The van der Waals surface area contributed by atoms with E-state index in [9.17, 15) is 14.9 Å². The van der Waals surface area contributed by atoms with Gasteiger partial charge in [-0.1, -0.05) is 19.8 Å². The van der Waals surface area contributed by atoms with Gasteiger partial charge in [-0.2, -0.15) is 0 Å². The van der Waals surface area contributed by atoms with Gasteiger partial charge in [0.1, 0.15) is 6.29 Å². The van der Waals surface area contributed by atoms with Crippen LogP contribution in [0.3, 0.4) is 0 Å². The minimum absolute atomic E-state index is 0.0959. The maximum atomic E-state index is 11.1. The third-order valence-corrected chi connectivity index (χ3v) is 2.68. The first-order valence-electron chi connectivity index (χ1n) is 6.67. The van der Waals surface area contributed by atoms with Gasteiger partial charge in [0, 0.05) is 11.6 Å². The van der Waals surface area contributed by atoms with Gasteiger partial charge in [-0.25, -0.2) is 0 Å². The number of carbonyl (C=O) groups excluding carboxylic acids is 1. The van der Waals surface area contributed by atoms with Crippen molar-refractivity contribution in [2.24, 2.45) is 0 Å². The molecule has 0 aliphatic carbocycles. The SMILES string of the molecule is CCCCCOc1c(OCC)cc(C=O)cc1[N+](=O)[O-]. The number of hydrogen-bond acceptors (Lipinski definition) is 5. The van der Waals surface area contributed by atoms with Gasteiger partial charge in [-0.3, -0.25) is 14.9 Å². The molecule has 1 aromatic carbocycles. The van der Waals surface area contributed by atoms with E-state index < -0.39 is 4.92 Å². The van der Waals surface area contributed by atoms with E-state index in [1.54, 1.807) is 6.92 Å². The average molecular weight is 281 g/mol. The lowest BCUT2D eigenvalue weighted by atomic mass is 10.2. The van der Waals surface area contributed by atoms with Gasteiger partial charge in [-0.05, 0) is 19.4 Å². The second-order valence-electron chi connectivity index (χ2n) is 4.23. The number of aldehydes is 1. The van der Waals surface area contributed by atoms with Crippen molar-refractivity contribution in [3.05, 3.63) is 27.8 Å². The van der Waals surface area contributed by atoms with E-state index in [1.807, 2.05) is 0 Å². The van der Waals surface area contributed by atoms with Gasteiger partial charge in [-0.15, -0.1) is 0 Å². The summed E-state index contributed by atoms with van der Waals surface area (Å²) in [6, 6.07) is 2.66. The topological polar surface area (TPSA) is 78.7 Å². The summed E-state index contributed by atoms with van der Waals surface area (Å²) >= 11 is 0. The van der Waals surface area contributed by atoms with Crippen molar-refractivity contribution in [3.63, 3.8) is 0 Å².